The van der Waals surface area contributed by atoms with Crippen LogP contribution in [-0.2, 0) is 4.79 Å². The fourth-order valence-corrected chi connectivity index (χ4v) is 4.11. The third-order valence-corrected chi connectivity index (χ3v) is 5.67. The first-order valence-electron chi connectivity index (χ1n) is 9.74. The molecule has 0 saturated heterocycles. The highest BCUT2D eigenvalue weighted by Gasteiger charge is 2.45. The molecule has 8 heteroatoms. The number of thioether (sulfide) groups is 1. The van der Waals surface area contributed by atoms with Gasteiger partial charge in [-0.25, -0.2) is 4.90 Å². The number of carbonyl (C=O) groups is 1. The van der Waals surface area contributed by atoms with Crippen molar-refractivity contribution in [1.82, 2.24) is 10.1 Å². The van der Waals surface area contributed by atoms with Crippen LogP contribution in [0.2, 0.25) is 0 Å². The Morgan fingerprint density at radius 1 is 1.23 bits per heavy atom. The van der Waals surface area contributed by atoms with Crippen LogP contribution in [0.1, 0.15) is 31.5 Å². The van der Waals surface area contributed by atoms with Gasteiger partial charge in [0.15, 0.2) is 0 Å². The number of hydrogen-bond donors (Lipinski definition) is 1. The van der Waals surface area contributed by atoms with Crippen molar-refractivity contribution >= 4 is 23.4 Å². The second kappa shape index (κ2) is 8.31. The number of anilines is 1. The van der Waals surface area contributed by atoms with Gasteiger partial charge in [0, 0.05) is 17.1 Å². The molecule has 1 amide bonds. The molecule has 1 aliphatic rings. The summed E-state index contributed by atoms with van der Waals surface area (Å²) in [5.74, 6) is 0.701. The lowest BCUT2D eigenvalue weighted by Crippen LogP contribution is -2.60. The lowest BCUT2D eigenvalue weighted by atomic mass is 10.0. The zero-order valence-electron chi connectivity index (χ0n) is 17.1. The molecule has 1 N–H and O–H groups in total. The normalized spacial score (nSPS) is 14.8. The molecule has 0 radical (unpaired) electrons. The standard InChI is InChI=1S/C22H22N4O3S/c1-4-7-18(27)25-17-9-6-5-8-16(17)19-20(28)23-22(30-3)24-26(19)21(25)14-10-12-15(29-2)13-11-14/h5-6,8-13,21H,4,7H2,1-3H3/p+1/t21-/m1/s1. The second-order valence-corrected chi connectivity index (χ2v) is 7.73. The van der Waals surface area contributed by atoms with Gasteiger partial charge < -0.3 is 4.74 Å². The number of H-pyrrole nitrogens is 1. The van der Waals surface area contributed by atoms with Gasteiger partial charge in [-0.05, 0) is 53.8 Å². The Morgan fingerprint density at radius 2 is 1.97 bits per heavy atom. The number of aromatic nitrogens is 3. The van der Waals surface area contributed by atoms with E-state index in [2.05, 4.69) is 10.1 Å². The number of amides is 1. The largest absolute Gasteiger partial charge is 0.497 e. The predicted molar refractivity (Wildman–Crippen MR) is 116 cm³/mol. The first-order chi connectivity index (χ1) is 14.6. The maximum atomic E-state index is 13.3. The minimum atomic E-state index is -0.576. The van der Waals surface area contributed by atoms with Crippen molar-refractivity contribution in [2.45, 2.75) is 31.1 Å². The van der Waals surface area contributed by atoms with E-state index in [0.717, 1.165) is 17.7 Å². The highest BCUT2D eigenvalue weighted by molar-refractivity contribution is 7.98. The fraction of sp³-hybridized carbons (Fsp3) is 0.273. The van der Waals surface area contributed by atoms with E-state index in [4.69, 9.17) is 4.74 Å². The highest BCUT2D eigenvalue weighted by Crippen LogP contribution is 2.37. The molecule has 0 spiro atoms. The topological polar surface area (TPSA) is 79.2 Å². The van der Waals surface area contributed by atoms with Crippen LogP contribution in [0.5, 0.6) is 5.75 Å². The van der Waals surface area contributed by atoms with E-state index < -0.39 is 6.17 Å². The summed E-state index contributed by atoms with van der Waals surface area (Å²) in [5.41, 5.74) is 2.44. The zero-order chi connectivity index (χ0) is 21.3. The smallest absolute Gasteiger partial charge is 0.325 e. The molecule has 0 aliphatic carbocycles. The molecule has 1 aliphatic heterocycles. The number of methoxy groups -OCH3 is 1. The molecule has 4 rings (SSSR count). The van der Waals surface area contributed by atoms with Crippen LogP contribution in [-0.4, -0.2) is 29.4 Å². The Kier molecular flexibility index (Phi) is 5.59. The maximum Gasteiger partial charge on any atom is 0.325 e. The second-order valence-electron chi connectivity index (χ2n) is 6.93. The molecule has 154 valence electrons. The van der Waals surface area contributed by atoms with E-state index in [1.54, 1.807) is 16.7 Å². The molecular weight excluding hydrogens is 400 g/mol. The summed E-state index contributed by atoms with van der Waals surface area (Å²) >= 11 is 1.35. The first-order valence-corrected chi connectivity index (χ1v) is 11.0. The van der Waals surface area contributed by atoms with Gasteiger partial charge in [0.05, 0.1) is 18.4 Å². The molecule has 1 atom stereocenters. The van der Waals surface area contributed by atoms with Gasteiger partial charge in [-0.3, -0.25) is 14.6 Å². The summed E-state index contributed by atoms with van der Waals surface area (Å²) in [5, 5.41) is 5.17. The lowest BCUT2D eigenvalue weighted by Gasteiger charge is -2.32. The number of nitrogens with one attached hydrogen (secondary N) is 1. The molecule has 2 aromatic carbocycles. The summed E-state index contributed by atoms with van der Waals surface area (Å²) in [6.07, 6.45) is 2.40. The monoisotopic (exact) mass is 423 g/mol. The van der Waals surface area contributed by atoms with Gasteiger partial charge in [0.25, 0.3) is 6.17 Å². The molecule has 0 unspecified atom stereocenters. The predicted octanol–water partition coefficient (Wildman–Crippen LogP) is 3.15. The van der Waals surface area contributed by atoms with Crippen LogP contribution < -0.4 is 19.9 Å². The summed E-state index contributed by atoms with van der Waals surface area (Å²) in [6.45, 7) is 1.98. The number of rotatable bonds is 5. The van der Waals surface area contributed by atoms with Crippen molar-refractivity contribution in [2.75, 3.05) is 18.3 Å². The Hall–Kier alpha value is -3.13. The van der Waals surface area contributed by atoms with Crippen molar-refractivity contribution in [3.8, 4) is 17.0 Å². The molecule has 0 fully saturated rings. The average Bonchev–Trinajstić information content (AvgIpc) is 2.77. The van der Waals surface area contributed by atoms with Gasteiger partial charge >= 0.3 is 11.3 Å². The molecule has 7 nitrogen and oxygen atoms in total. The summed E-state index contributed by atoms with van der Waals surface area (Å²) in [6, 6.07) is 15.0. The van der Waals surface area contributed by atoms with Crippen LogP contribution in [0.15, 0.2) is 58.5 Å². The van der Waals surface area contributed by atoms with Gasteiger partial charge in [-0.1, -0.05) is 30.8 Å². The summed E-state index contributed by atoms with van der Waals surface area (Å²) in [7, 11) is 1.61. The van der Waals surface area contributed by atoms with Crippen molar-refractivity contribution in [2.24, 2.45) is 0 Å². The molecule has 2 heterocycles. The van der Waals surface area contributed by atoms with Crippen LogP contribution in [0.4, 0.5) is 5.69 Å². The van der Waals surface area contributed by atoms with E-state index in [0.29, 0.717) is 28.5 Å². The number of benzene rings is 2. The van der Waals surface area contributed by atoms with Crippen LogP contribution in [0.25, 0.3) is 11.3 Å². The SMILES string of the molecule is CCCC(=O)N1c2ccccc2-c2c(=O)[nH]c(SC)n[n+]2[C@@H]1c1ccc(OC)cc1. The van der Waals surface area contributed by atoms with Crippen molar-refractivity contribution < 1.29 is 14.2 Å². The lowest BCUT2D eigenvalue weighted by molar-refractivity contribution is -0.763. The van der Waals surface area contributed by atoms with Crippen LogP contribution in [0.3, 0.4) is 0 Å². The van der Waals surface area contributed by atoms with Crippen molar-refractivity contribution in [3.05, 3.63) is 64.4 Å². The van der Waals surface area contributed by atoms with Gasteiger partial charge in [0.2, 0.25) is 11.1 Å². The number of para-hydroxylation sites is 1. The number of carbonyl (C=O) groups excluding carboxylic acids is 1. The third kappa shape index (κ3) is 3.37. The molecule has 3 aromatic rings. The number of hydrogen-bond acceptors (Lipinski definition) is 5. The van der Waals surface area contributed by atoms with Crippen LogP contribution >= 0.6 is 11.8 Å². The fourth-order valence-electron chi connectivity index (χ4n) is 3.74. The van der Waals surface area contributed by atoms with Gasteiger partial charge in [-0.2, -0.15) is 0 Å². The van der Waals surface area contributed by atoms with E-state index in [1.807, 2.05) is 61.7 Å². The first kappa shape index (κ1) is 20.2. The highest BCUT2D eigenvalue weighted by atomic mass is 32.2. The Morgan fingerprint density at radius 3 is 2.63 bits per heavy atom. The minimum Gasteiger partial charge on any atom is -0.497 e. The molecule has 1 aromatic heterocycles. The Labute approximate surface area is 178 Å². The maximum absolute atomic E-state index is 13.3. The average molecular weight is 424 g/mol. The summed E-state index contributed by atoms with van der Waals surface area (Å²) < 4.78 is 6.96. The number of fused-ring (bicyclic) bond motifs is 3. The van der Waals surface area contributed by atoms with Gasteiger partial charge in [-0.15, -0.1) is 0 Å². The molecule has 0 saturated carbocycles. The molecule has 30 heavy (non-hydrogen) atoms. The van der Waals surface area contributed by atoms with E-state index in [9.17, 15) is 9.59 Å². The number of ether oxygens (including phenoxy) is 1. The molecule has 0 bridgehead atoms. The minimum absolute atomic E-state index is 0.0169. The van der Waals surface area contributed by atoms with Crippen molar-refractivity contribution in [3.63, 3.8) is 0 Å². The van der Waals surface area contributed by atoms with Crippen LogP contribution in [0, 0.1) is 0 Å². The number of nitrogens with zero attached hydrogens (tertiary/aromatic N) is 3. The molecular formula is C22H23N4O3S+. The number of aromatic amines is 1. The Bertz CT molecular complexity index is 1140. The third-order valence-electron chi connectivity index (χ3n) is 5.10. The quantitative estimate of drug-likeness (QED) is 0.504. The van der Waals surface area contributed by atoms with Gasteiger partial charge in [0.1, 0.15) is 5.75 Å². The van der Waals surface area contributed by atoms with E-state index >= 15 is 0 Å². The zero-order valence-corrected chi connectivity index (χ0v) is 17.9. The van der Waals surface area contributed by atoms with E-state index in [1.165, 1.54) is 11.8 Å². The van der Waals surface area contributed by atoms with Crippen molar-refractivity contribution in [1.29, 1.82) is 0 Å². The summed E-state index contributed by atoms with van der Waals surface area (Å²) in [4.78, 5) is 30.9. The Balaban J connectivity index is 2.02. The van der Waals surface area contributed by atoms with E-state index in [-0.39, 0.29) is 11.5 Å².